The van der Waals surface area contributed by atoms with Gasteiger partial charge in [0.2, 0.25) is 0 Å². The number of carbonyl (C=O) groups is 2. The van der Waals surface area contributed by atoms with Crippen LogP contribution in [0, 0.1) is 10.8 Å². The van der Waals surface area contributed by atoms with Gasteiger partial charge in [0, 0.05) is 13.1 Å². The molecule has 110 valence electrons. The van der Waals surface area contributed by atoms with Crippen LogP contribution >= 0.6 is 0 Å². The first-order chi connectivity index (χ1) is 8.56. The second kappa shape index (κ2) is 5.39. The van der Waals surface area contributed by atoms with Crippen LogP contribution in [0.15, 0.2) is 0 Å². The molecule has 1 unspecified atom stereocenters. The molecule has 0 saturated carbocycles. The van der Waals surface area contributed by atoms with Crippen molar-refractivity contribution in [3.63, 3.8) is 0 Å². The van der Waals surface area contributed by atoms with Gasteiger partial charge in [-0.1, -0.05) is 20.8 Å². The van der Waals surface area contributed by atoms with E-state index in [2.05, 4.69) is 0 Å². The molecule has 1 N–H and O–H groups in total. The number of rotatable bonds is 2. The van der Waals surface area contributed by atoms with Gasteiger partial charge in [-0.2, -0.15) is 0 Å². The third-order valence-electron chi connectivity index (χ3n) is 4.14. The van der Waals surface area contributed by atoms with E-state index in [9.17, 15) is 9.59 Å². The number of hydrogen-bond donors (Lipinski definition) is 1. The Bertz CT molecular complexity index is 351. The standard InChI is InChI=1S/C14H25NO4/c1-10(13(2,3)4)19-12(18)15-8-6-14(5,7-9-15)11(16)17/h10H,6-9H2,1-5H3,(H,16,17). The van der Waals surface area contributed by atoms with Gasteiger partial charge in [0.05, 0.1) is 5.41 Å². The molecule has 0 spiro atoms. The van der Waals surface area contributed by atoms with Crippen LogP contribution in [-0.2, 0) is 9.53 Å². The maximum Gasteiger partial charge on any atom is 0.410 e. The third kappa shape index (κ3) is 3.85. The molecular formula is C14H25NO4. The monoisotopic (exact) mass is 271 g/mol. The van der Waals surface area contributed by atoms with Crippen molar-refractivity contribution in [3.8, 4) is 0 Å². The van der Waals surface area contributed by atoms with E-state index < -0.39 is 11.4 Å². The van der Waals surface area contributed by atoms with Gasteiger partial charge in [-0.25, -0.2) is 4.79 Å². The van der Waals surface area contributed by atoms with E-state index in [-0.39, 0.29) is 17.6 Å². The Kier molecular flexibility index (Phi) is 4.48. The maximum atomic E-state index is 12.0. The van der Waals surface area contributed by atoms with Crippen LogP contribution in [0.3, 0.4) is 0 Å². The number of aliphatic carboxylic acids is 1. The van der Waals surface area contributed by atoms with Crippen molar-refractivity contribution in [1.29, 1.82) is 0 Å². The van der Waals surface area contributed by atoms with Crippen molar-refractivity contribution in [1.82, 2.24) is 4.90 Å². The number of piperidine rings is 1. The Hall–Kier alpha value is -1.26. The Morgan fingerprint density at radius 2 is 1.74 bits per heavy atom. The SMILES string of the molecule is CC(OC(=O)N1CCC(C)(C(=O)O)CC1)C(C)(C)C. The van der Waals surface area contributed by atoms with Gasteiger partial charge >= 0.3 is 12.1 Å². The predicted molar refractivity (Wildman–Crippen MR) is 71.9 cm³/mol. The Balaban J connectivity index is 2.52. The van der Waals surface area contributed by atoms with Gasteiger partial charge in [0.15, 0.2) is 0 Å². The fourth-order valence-electron chi connectivity index (χ4n) is 1.80. The number of ether oxygens (including phenoxy) is 1. The summed E-state index contributed by atoms with van der Waals surface area (Å²) in [6.07, 6.45) is 0.436. The summed E-state index contributed by atoms with van der Waals surface area (Å²) in [6.45, 7) is 10.5. The highest BCUT2D eigenvalue weighted by atomic mass is 16.6. The normalized spacial score (nSPS) is 20.8. The molecule has 0 aliphatic carbocycles. The zero-order chi connectivity index (χ0) is 14.8. The number of amides is 1. The van der Waals surface area contributed by atoms with Crippen LogP contribution in [0.1, 0.15) is 47.5 Å². The van der Waals surface area contributed by atoms with Crippen molar-refractivity contribution >= 4 is 12.1 Å². The quantitative estimate of drug-likeness (QED) is 0.838. The molecule has 0 radical (unpaired) electrons. The molecule has 1 amide bonds. The molecule has 0 aromatic carbocycles. The van der Waals surface area contributed by atoms with Crippen molar-refractivity contribution in [2.75, 3.05) is 13.1 Å². The van der Waals surface area contributed by atoms with Crippen LogP contribution in [0.5, 0.6) is 0 Å². The Morgan fingerprint density at radius 1 is 1.26 bits per heavy atom. The number of carboxylic acid groups (broad SMARTS) is 1. The van der Waals surface area contributed by atoms with Gasteiger partial charge in [0.25, 0.3) is 0 Å². The van der Waals surface area contributed by atoms with E-state index in [4.69, 9.17) is 9.84 Å². The first-order valence-electron chi connectivity index (χ1n) is 6.75. The van der Waals surface area contributed by atoms with E-state index in [1.165, 1.54) is 0 Å². The maximum absolute atomic E-state index is 12.0. The molecule has 1 saturated heterocycles. The van der Waals surface area contributed by atoms with Gasteiger partial charge in [-0.15, -0.1) is 0 Å². The molecule has 1 fully saturated rings. The number of nitrogens with zero attached hydrogens (tertiary/aromatic N) is 1. The Morgan fingerprint density at radius 3 is 2.11 bits per heavy atom. The summed E-state index contributed by atoms with van der Waals surface area (Å²) in [5.41, 5.74) is -0.812. The lowest BCUT2D eigenvalue weighted by atomic mass is 9.81. The molecule has 0 aromatic heterocycles. The number of carboxylic acids is 1. The average Bonchev–Trinajstić information content (AvgIpc) is 2.28. The lowest BCUT2D eigenvalue weighted by Gasteiger charge is -2.37. The van der Waals surface area contributed by atoms with Crippen molar-refractivity contribution in [3.05, 3.63) is 0 Å². The van der Waals surface area contributed by atoms with E-state index in [0.29, 0.717) is 25.9 Å². The summed E-state index contributed by atoms with van der Waals surface area (Å²) in [5, 5.41) is 9.14. The number of carbonyl (C=O) groups excluding carboxylic acids is 1. The zero-order valence-electron chi connectivity index (χ0n) is 12.5. The first kappa shape index (κ1) is 15.8. The van der Waals surface area contributed by atoms with Crippen LogP contribution < -0.4 is 0 Å². The average molecular weight is 271 g/mol. The largest absolute Gasteiger partial charge is 0.481 e. The minimum absolute atomic E-state index is 0.0962. The van der Waals surface area contributed by atoms with E-state index in [1.54, 1.807) is 11.8 Å². The highest BCUT2D eigenvalue weighted by Gasteiger charge is 2.39. The molecule has 0 aromatic rings. The molecule has 1 rings (SSSR count). The molecule has 5 nitrogen and oxygen atoms in total. The van der Waals surface area contributed by atoms with Crippen LogP contribution in [0.25, 0.3) is 0 Å². The summed E-state index contributed by atoms with van der Waals surface area (Å²) in [5.74, 6) is -0.788. The lowest BCUT2D eigenvalue weighted by molar-refractivity contribution is -0.150. The number of likely N-dealkylation sites (tertiary alicyclic amines) is 1. The van der Waals surface area contributed by atoms with Gasteiger partial charge < -0.3 is 14.7 Å². The fraction of sp³-hybridized carbons (Fsp3) is 0.857. The smallest absolute Gasteiger partial charge is 0.410 e. The number of hydrogen-bond acceptors (Lipinski definition) is 3. The molecule has 1 aliphatic rings. The van der Waals surface area contributed by atoms with E-state index >= 15 is 0 Å². The summed E-state index contributed by atoms with van der Waals surface area (Å²) >= 11 is 0. The lowest BCUT2D eigenvalue weighted by Crippen LogP contribution is -2.46. The summed E-state index contributed by atoms with van der Waals surface area (Å²) < 4.78 is 5.42. The van der Waals surface area contributed by atoms with Crippen molar-refractivity contribution in [2.24, 2.45) is 10.8 Å². The summed E-state index contributed by atoms with van der Waals surface area (Å²) in [7, 11) is 0. The van der Waals surface area contributed by atoms with Crippen LogP contribution in [0.2, 0.25) is 0 Å². The minimum Gasteiger partial charge on any atom is -0.481 e. The summed E-state index contributed by atoms with van der Waals surface area (Å²) in [4.78, 5) is 24.7. The fourth-order valence-corrected chi connectivity index (χ4v) is 1.80. The first-order valence-corrected chi connectivity index (χ1v) is 6.75. The summed E-state index contributed by atoms with van der Waals surface area (Å²) in [6, 6.07) is 0. The second-order valence-electron chi connectivity index (χ2n) is 6.74. The van der Waals surface area contributed by atoms with Gasteiger partial charge in [-0.05, 0) is 32.1 Å². The highest BCUT2D eigenvalue weighted by molar-refractivity contribution is 5.75. The molecule has 1 heterocycles. The topological polar surface area (TPSA) is 66.8 Å². The van der Waals surface area contributed by atoms with Gasteiger partial charge in [0.1, 0.15) is 6.10 Å². The van der Waals surface area contributed by atoms with Crippen LogP contribution in [0.4, 0.5) is 4.79 Å². The second-order valence-corrected chi connectivity index (χ2v) is 6.74. The molecule has 1 aliphatic heterocycles. The van der Waals surface area contributed by atoms with E-state index in [1.807, 2.05) is 27.7 Å². The molecule has 0 bridgehead atoms. The molecule has 1 atom stereocenters. The predicted octanol–water partition coefficient (Wildman–Crippen LogP) is 2.74. The van der Waals surface area contributed by atoms with E-state index in [0.717, 1.165) is 0 Å². The van der Waals surface area contributed by atoms with Crippen LogP contribution in [-0.4, -0.2) is 41.3 Å². The highest BCUT2D eigenvalue weighted by Crippen LogP contribution is 2.31. The third-order valence-corrected chi connectivity index (χ3v) is 4.14. The van der Waals surface area contributed by atoms with Crippen molar-refractivity contribution < 1.29 is 19.4 Å². The molecular weight excluding hydrogens is 246 g/mol. The minimum atomic E-state index is -0.788. The molecule has 5 heteroatoms. The van der Waals surface area contributed by atoms with Crippen molar-refractivity contribution in [2.45, 2.75) is 53.6 Å². The Labute approximate surface area is 114 Å². The zero-order valence-corrected chi connectivity index (χ0v) is 12.5. The molecule has 19 heavy (non-hydrogen) atoms. The van der Waals surface area contributed by atoms with Gasteiger partial charge in [-0.3, -0.25) is 4.79 Å².